The largest absolute Gasteiger partial charge is 0.497 e. The van der Waals surface area contributed by atoms with Crippen molar-refractivity contribution in [2.24, 2.45) is 7.05 Å². The van der Waals surface area contributed by atoms with Crippen molar-refractivity contribution in [1.82, 2.24) is 14.3 Å². The van der Waals surface area contributed by atoms with Gasteiger partial charge in [0.15, 0.2) is 0 Å². The molecule has 0 bridgehead atoms. The van der Waals surface area contributed by atoms with Crippen molar-refractivity contribution >= 4 is 16.0 Å². The molecule has 0 aliphatic heterocycles. The Kier molecular flexibility index (Phi) is 7.16. The molecule has 3 aromatic rings. The molecule has 1 atom stereocenters. The number of hydrogen-bond acceptors (Lipinski definition) is 7. The first kappa shape index (κ1) is 23.3. The van der Waals surface area contributed by atoms with Gasteiger partial charge in [-0.1, -0.05) is 0 Å². The Labute approximate surface area is 187 Å². The molecule has 1 aromatic heterocycles. The third-order valence-corrected chi connectivity index (χ3v) is 6.21. The number of imidazole rings is 1. The van der Waals surface area contributed by atoms with E-state index >= 15 is 0 Å². The van der Waals surface area contributed by atoms with E-state index in [1.165, 1.54) is 38.5 Å². The average molecular weight is 460 g/mol. The molecule has 1 heterocycles. The second-order valence-corrected chi connectivity index (χ2v) is 8.56. The van der Waals surface area contributed by atoms with E-state index in [-0.39, 0.29) is 17.1 Å². The number of methoxy groups -OCH3 is 2. The van der Waals surface area contributed by atoms with Gasteiger partial charge in [-0.25, -0.2) is 18.2 Å². The molecule has 0 spiro atoms. The van der Waals surface area contributed by atoms with Gasteiger partial charge in [0.2, 0.25) is 10.0 Å². The Bertz CT molecular complexity index is 1170. The van der Waals surface area contributed by atoms with Crippen molar-refractivity contribution in [2.45, 2.75) is 17.9 Å². The van der Waals surface area contributed by atoms with Gasteiger partial charge in [-0.15, -0.1) is 0 Å². The maximum absolute atomic E-state index is 13.2. The summed E-state index contributed by atoms with van der Waals surface area (Å²) in [5.74, 6) is 0.985. The normalized spacial score (nSPS) is 12.2. The van der Waals surface area contributed by atoms with Crippen LogP contribution in [-0.4, -0.2) is 44.8 Å². The monoisotopic (exact) mass is 459 g/mol. The molecule has 0 radical (unpaired) electrons. The summed E-state index contributed by atoms with van der Waals surface area (Å²) in [6.07, 6.45) is 3.31. The summed E-state index contributed by atoms with van der Waals surface area (Å²) < 4.78 is 46.5. The SMILES string of the molecule is CCOC(=O)c1ccc(S(=O)(=O)NC(c2cc(OC)cc(OC)c2)c2nccn2C)cc1. The lowest BCUT2D eigenvalue weighted by Gasteiger charge is -2.20. The van der Waals surface area contributed by atoms with E-state index in [9.17, 15) is 13.2 Å². The van der Waals surface area contributed by atoms with Gasteiger partial charge in [0, 0.05) is 25.5 Å². The summed E-state index contributed by atoms with van der Waals surface area (Å²) in [5.41, 5.74) is 0.853. The van der Waals surface area contributed by atoms with Crippen LogP contribution in [0, 0.1) is 0 Å². The molecular formula is C22H25N3O6S. The molecule has 0 aliphatic rings. The fourth-order valence-corrected chi connectivity index (χ4v) is 4.31. The fourth-order valence-electron chi connectivity index (χ4n) is 3.13. The lowest BCUT2D eigenvalue weighted by Crippen LogP contribution is -2.31. The molecule has 9 nitrogen and oxygen atoms in total. The van der Waals surface area contributed by atoms with Crippen LogP contribution in [0.25, 0.3) is 0 Å². The maximum Gasteiger partial charge on any atom is 0.338 e. The van der Waals surface area contributed by atoms with Crippen LogP contribution < -0.4 is 14.2 Å². The smallest absolute Gasteiger partial charge is 0.338 e. The zero-order valence-corrected chi connectivity index (χ0v) is 19.0. The molecule has 1 unspecified atom stereocenters. The molecule has 10 heteroatoms. The van der Waals surface area contributed by atoms with Gasteiger partial charge in [0.1, 0.15) is 23.4 Å². The fraction of sp³-hybridized carbons (Fsp3) is 0.273. The highest BCUT2D eigenvalue weighted by Crippen LogP contribution is 2.30. The van der Waals surface area contributed by atoms with Crippen LogP contribution >= 0.6 is 0 Å². The van der Waals surface area contributed by atoms with E-state index in [0.29, 0.717) is 22.9 Å². The van der Waals surface area contributed by atoms with Crippen LogP contribution in [0.15, 0.2) is 59.8 Å². The van der Waals surface area contributed by atoms with Crippen LogP contribution in [0.4, 0.5) is 0 Å². The Morgan fingerprint density at radius 3 is 2.22 bits per heavy atom. The number of carbonyl (C=O) groups is 1. The number of hydrogen-bond donors (Lipinski definition) is 1. The van der Waals surface area contributed by atoms with E-state index in [1.807, 2.05) is 0 Å². The second kappa shape index (κ2) is 9.84. The zero-order chi connectivity index (χ0) is 23.3. The highest BCUT2D eigenvalue weighted by atomic mass is 32.2. The van der Waals surface area contributed by atoms with Gasteiger partial charge in [0.25, 0.3) is 0 Å². The first-order valence-electron chi connectivity index (χ1n) is 9.78. The van der Waals surface area contributed by atoms with Crippen molar-refractivity contribution in [3.63, 3.8) is 0 Å². The second-order valence-electron chi connectivity index (χ2n) is 6.84. The van der Waals surface area contributed by atoms with Crippen molar-refractivity contribution in [1.29, 1.82) is 0 Å². The molecule has 0 amide bonds. The van der Waals surface area contributed by atoms with Crippen LogP contribution in [0.1, 0.15) is 34.7 Å². The van der Waals surface area contributed by atoms with Gasteiger partial charge < -0.3 is 18.8 Å². The molecule has 0 aliphatic carbocycles. The van der Waals surface area contributed by atoms with E-state index in [0.717, 1.165) is 0 Å². The lowest BCUT2D eigenvalue weighted by molar-refractivity contribution is 0.0526. The van der Waals surface area contributed by atoms with Gasteiger partial charge in [-0.3, -0.25) is 0 Å². The van der Waals surface area contributed by atoms with Crippen LogP contribution in [0.3, 0.4) is 0 Å². The van der Waals surface area contributed by atoms with Gasteiger partial charge in [0.05, 0.1) is 31.3 Å². The number of rotatable bonds is 9. The number of nitrogens with zero attached hydrogens (tertiary/aromatic N) is 2. The Balaban J connectivity index is 2.00. The molecule has 2 aromatic carbocycles. The van der Waals surface area contributed by atoms with Gasteiger partial charge >= 0.3 is 5.97 Å². The standard InChI is InChI=1S/C22H25N3O6S/c1-5-31-22(26)15-6-8-19(9-7-15)32(27,28)24-20(21-23-10-11-25(21)2)16-12-17(29-3)14-18(13-16)30-4/h6-14,20,24H,5H2,1-4H3. The highest BCUT2D eigenvalue weighted by Gasteiger charge is 2.27. The number of aryl methyl sites for hydroxylation is 1. The number of aromatic nitrogens is 2. The number of sulfonamides is 1. The number of benzene rings is 2. The Morgan fingerprint density at radius 2 is 1.72 bits per heavy atom. The summed E-state index contributed by atoms with van der Waals surface area (Å²) in [6.45, 7) is 1.93. The summed E-state index contributed by atoms with van der Waals surface area (Å²) in [7, 11) is 0.826. The first-order valence-corrected chi connectivity index (χ1v) is 11.3. The zero-order valence-electron chi connectivity index (χ0n) is 18.2. The third kappa shape index (κ3) is 5.09. The average Bonchev–Trinajstić information content (AvgIpc) is 3.22. The van der Waals surface area contributed by atoms with Crippen molar-refractivity contribution < 1.29 is 27.4 Å². The number of esters is 1. The summed E-state index contributed by atoms with van der Waals surface area (Å²) >= 11 is 0. The molecule has 0 saturated heterocycles. The Morgan fingerprint density at radius 1 is 1.09 bits per heavy atom. The molecule has 170 valence electrons. The minimum absolute atomic E-state index is 0.000353. The van der Waals surface area contributed by atoms with E-state index < -0.39 is 22.0 Å². The van der Waals surface area contributed by atoms with E-state index in [4.69, 9.17) is 14.2 Å². The molecule has 0 saturated carbocycles. The predicted molar refractivity (Wildman–Crippen MR) is 117 cm³/mol. The van der Waals surface area contributed by atoms with E-state index in [1.54, 1.807) is 49.1 Å². The molecule has 0 fully saturated rings. The van der Waals surface area contributed by atoms with Crippen molar-refractivity contribution in [3.05, 3.63) is 71.8 Å². The highest BCUT2D eigenvalue weighted by molar-refractivity contribution is 7.89. The molecule has 3 rings (SSSR count). The number of ether oxygens (including phenoxy) is 3. The van der Waals surface area contributed by atoms with Crippen LogP contribution in [0.2, 0.25) is 0 Å². The quantitative estimate of drug-likeness (QED) is 0.490. The summed E-state index contributed by atoms with van der Waals surface area (Å²) in [4.78, 5) is 16.2. The van der Waals surface area contributed by atoms with E-state index in [2.05, 4.69) is 9.71 Å². The van der Waals surface area contributed by atoms with Crippen molar-refractivity contribution in [3.8, 4) is 11.5 Å². The minimum Gasteiger partial charge on any atom is -0.497 e. The van der Waals surface area contributed by atoms with Crippen molar-refractivity contribution in [2.75, 3.05) is 20.8 Å². The van der Waals surface area contributed by atoms with Gasteiger partial charge in [-0.05, 0) is 48.9 Å². The maximum atomic E-state index is 13.2. The van der Waals surface area contributed by atoms with Crippen LogP contribution in [-0.2, 0) is 21.8 Å². The molecule has 32 heavy (non-hydrogen) atoms. The number of carbonyl (C=O) groups excluding carboxylic acids is 1. The third-order valence-electron chi connectivity index (χ3n) is 4.77. The first-order chi connectivity index (χ1) is 15.3. The number of nitrogens with one attached hydrogen (secondary N) is 1. The lowest BCUT2D eigenvalue weighted by atomic mass is 10.1. The summed E-state index contributed by atoms with van der Waals surface area (Å²) in [6, 6.07) is 9.85. The minimum atomic E-state index is -3.98. The predicted octanol–water partition coefficient (Wildman–Crippen LogP) is 2.68. The molecular weight excluding hydrogens is 434 g/mol. The van der Waals surface area contributed by atoms with Crippen LogP contribution in [0.5, 0.6) is 11.5 Å². The Hall–Kier alpha value is -3.37. The topological polar surface area (TPSA) is 109 Å². The summed E-state index contributed by atoms with van der Waals surface area (Å²) in [5, 5.41) is 0. The molecule has 1 N–H and O–H groups in total. The van der Waals surface area contributed by atoms with Gasteiger partial charge in [-0.2, -0.15) is 4.72 Å².